The summed E-state index contributed by atoms with van der Waals surface area (Å²) in [6.07, 6.45) is 1.32. The molecule has 1 saturated heterocycles. The first kappa shape index (κ1) is 15.9. The highest BCUT2D eigenvalue weighted by atomic mass is 32.2. The van der Waals surface area contributed by atoms with Crippen molar-refractivity contribution in [3.8, 4) is 0 Å². The van der Waals surface area contributed by atoms with E-state index in [-0.39, 0.29) is 17.6 Å². The van der Waals surface area contributed by atoms with Crippen LogP contribution in [0, 0.1) is 5.82 Å². The van der Waals surface area contributed by atoms with Crippen LogP contribution in [0.25, 0.3) is 0 Å². The van der Waals surface area contributed by atoms with Gasteiger partial charge >= 0.3 is 0 Å². The maximum absolute atomic E-state index is 13.2. The van der Waals surface area contributed by atoms with E-state index in [1.165, 1.54) is 22.5 Å². The van der Waals surface area contributed by atoms with Gasteiger partial charge in [0, 0.05) is 25.1 Å². The number of anilines is 1. The minimum absolute atomic E-state index is 0.150. The van der Waals surface area contributed by atoms with Gasteiger partial charge in [0.05, 0.1) is 11.4 Å². The van der Waals surface area contributed by atoms with Crippen molar-refractivity contribution in [2.24, 2.45) is 0 Å². The van der Waals surface area contributed by atoms with Crippen molar-refractivity contribution >= 4 is 15.9 Å². The number of piperidine rings is 1. The minimum Gasteiger partial charge on any atom is -0.368 e. The predicted octanol–water partition coefficient (Wildman–Crippen LogP) is 2.11. The van der Waals surface area contributed by atoms with Crippen molar-refractivity contribution in [3.05, 3.63) is 47.4 Å². The fraction of sp³-hybridized carbons (Fsp3) is 0.400. The standard InChI is InChI=1S/C15H18FN3O3S/c16-13-3-1-2-11(8-13)10-23(20,21)19-6-4-12(5-7-19)14-9-15(17)22-18-14/h1-3,8-9,12H,4-7,10,17H2. The highest BCUT2D eigenvalue weighted by Crippen LogP contribution is 2.29. The SMILES string of the molecule is Nc1cc(C2CCN(S(=O)(=O)Cc3cccc(F)c3)CC2)no1. The summed E-state index contributed by atoms with van der Waals surface area (Å²) < 4.78 is 44.4. The summed E-state index contributed by atoms with van der Waals surface area (Å²) in [5.74, 6) is -0.204. The Kier molecular flexibility index (Phi) is 4.36. The van der Waals surface area contributed by atoms with Crippen LogP contribution in [0.15, 0.2) is 34.9 Å². The van der Waals surface area contributed by atoms with Gasteiger partial charge in [0.1, 0.15) is 5.82 Å². The molecule has 6 nitrogen and oxygen atoms in total. The van der Waals surface area contributed by atoms with Crippen LogP contribution in [0.5, 0.6) is 0 Å². The molecule has 0 amide bonds. The third-order valence-corrected chi connectivity index (χ3v) is 5.90. The van der Waals surface area contributed by atoms with Crippen LogP contribution in [0.1, 0.15) is 30.0 Å². The first-order chi connectivity index (χ1) is 10.9. The number of nitrogen functional groups attached to an aromatic ring is 1. The van der Waals surface area contributed by atoms with E-state index in [1.54, 1.807) is 12.1 Å². The van der Waals surface area contributed by atoms with Crippen molar-refractivity contribution in [1.82, 2.24) is 9.46 Å². The van der Waals surface area contributed by atoms with E-state index < -0.39 is 15.8 Å². The summed E-state index contributed by atoms with van der Waals surface area (Å²) in [7, 11) is -3.46. The van der Waals surface area contributed by atoms with Crippen LogP contribution in [-0.2, 0) is 15.8 Å². The molecule has 23 heavy (non-hydrogen) atoms. The molecule has 1 aliphatic rings. The summed E-state index contributed by atoms with van der Waals surface area (Å²) in [5, 5.41) is 3.89. The van der Waals surface area contributed by atoms with E-state index in [0.29, 0.717) is 31.5 Å². The number of nitrogens with zero attached hydrogens (tertiary/aromatic N) is 2. The average Bonchev–Trinajstić information content (AvgIpc) is 2.93. The van der Waals surface area contributed by atoms with Gasteiger partial charge in [-0.3, -0.25) is 0 Å². The molecule has 1 aliphatic heterocycles. The third-order valence-electron chi connectivity index (χ3n) is 4.05. The number of nitrogens with two attached hydrogens (primary N) is 1. The Morgan fingerprint density at radius 2 is 2.04 bits per heavy atom. The summed E-state index contributed by atoms with van der Waals surface area (Å²) in [6.45, 7) is 0.824. The van der Waals surface area contributed by atoms with Crippen LogP contribution in [0.3, 0.4) is 0 Å². The molecule has 124 valence electrons. The molecule has 2 aromatic rings. The second-order valence-corrected chi connectivity index (χ2v) is 7.68. The lowest BCUT2D eigenvalue weighted by Crippen LogP contribution is -2.38. The number of hydrogen-bond acceptors (Lipinski definition) is 5. The fourth-order valence-corrected chi connectivity index (χ4v) is 4.41. The molecular formula is C15H18FN3O3S. The van der Waals surface area contributed by atoms with E-state index in [4.69, 9.17) is 10.3 Å². The molecule has 0 aliphatic carbocycles. The molecule has 0 bridgehead atoms. The molecule has 0 radical (unpaired) electrons. The van der Waals surface area contributed by atoms with Gasteiger partial charge in [-0.1, -0.05) is 17.3 Å². The highest BCUT2D eigenvalue weighted by molar-refractivity contribution is 7.88. The van der Waals surface area contributed by atoms with Gasteiger partial charge in [-0.25, -0.2) is 17.1 Å². The fourth-order valence-electron chi connectivity index (χ4n) is 2.85. The van der Waals surface area contributed by atoms with Gasteiger partial charge in [-0.2, -0.15) is 0 Å². The monoisotopic (exact) mass is 339 g/mol. The Bertz CT molecular complexity index is 783. The normalized spacial score (nSPS) is 17.4. The molecule has 1 aromatic carbocycles. The Hall–Kier alpha value is -1.93. The molecule has 3 rings (SSSR count). The molecule has 1 fully saturated rings. The van der Waals surface area contributed by atoms with Crippen molar-refractivity contribution < 1.29 is 17.3 Å². The van der Waals surface area contributed by atoms with Gasteiger partial charge in [0.15, 0.2) is 0 Å². The molecule has 1 aromatic heterocycles. The first-order valence-electron chi connectivity index (χ1n) is 7.38. The van der Waals surface area contributed by atoms with Crippen molar-refractivity contribution in [1.29, 1.82) is 0 Å². The topological polar surface area (TPSA) is 89.4 Å². The first-order valence-corrected chi connectivity index (χ1v) is 8.99. The zero-order valence-electron chi connectivity index (χ0n) is 12.5. The highest BCUT2D eigenvalue weighted by Gasteiger charge is 2.30. The van der Waals surface area contributed by atoms with Crippen LogP contribution in [0.2, 0.25) is 0 Å². The second-order valence-electron chi connectivity index (χ2n) is 5.71. The molecule has 0 atom stereocenters. The third kappa shape index (κ3) is 3.70. The molecular weight excluding hydrogens is 321 g/mol. The van der Waals surface area contributed by atoms with E-state index in [2.05, 4.69) is 5.16 Å². The Morgan fingerprint density at radius 3 is 2.65 bits per heavy atom. The lowest BCUT2D eigenvalue weighted by atomic mass is 9.95. The van der Waals surface area contributed by atoms with Crippen molar-refractivity contribution in [2.45, 2.75) is 24.5 Å². The molecule has 2 heterocycles. The molecule has 2 N–H and O–H groups in total. The van der Waals surface area contributed by atoms with Gasteiger partial charge < -0.3 is 10.3 Å². The summed E-state index contributed by atoms with van der Waals surface area (Å²) in [5.41, 5.74) is 6.74. The number of aromatic nitrogens is 1. The average molecular weight is 339 g/mol. The van der Waals surface area contributed by atoms with Gasteiger partial charge in [0.2, 0.25) is 15.9 Å². The minimum atomic E-state index is -3.46. The Morgan fingerprint density at radius 1 is 1.30 bits per heavy atom. The van der Waals surface area contributed by atoms with E-state index in [0.717, 1.165) is 5.69 Å². The number of rotatable bonds is 4. The lowest BCUT2D eigenvalue weighted by Gasteiger charge is -2.30. The quantitative estimate of drug-likeness (QED) is 0.921. The largest absolute Gasteiger partial charge is 0.368 e. The molecule has 0 spiro atoms. The molecule has 0 unspecified atom stereocenters. The lowest BCUT2D eigenvalue weighted by molar-refractivity contribution is 0.309. The van der Waals surface area contributed by atoms with Crippen molar-refractivity contribution in [2.75, 3.05) is 18.8 Å². The predicted molar refractivity (Wildman–Crippen MR) is 83.5 cm³/mol. The Balaban J connectivity index is 1.64. The van der Waals surface area contributed by atoms with Gasteiger partial charge in [-0.15, -0.1) is 0 Å². The molecule has 0 saturated carbocycles. The maximum atomic E-state index is 13.2. The van der Waals surface area contributed by atoms with Crippen LogP contribution >= 0.6 is 0 Å². The van der Waals surface area contributed by atoms with Crippen LogP contribution in [-0.4, -0.2) is 31.0 Å². The number of hydrogen-bond donors (Lipinski definition) is 1. The zero-order valence-corrected chi connectivity index (χ0v) is 13.3. The zero-order chi connectivity index (χ0) is 16.4. The Labute approximate surface area is 134 Å². The number of benzene rings is 1. The number of halogens is 1. The van der Waals surface area contributed by atoms with Crippen molar-refractivity contribution in [3.63, 3.8) is 0 Å². The number of sulfonamides is 1. The van der Waals surface area contributed by atoms with E-state index in [9.17, 15) is 12.8 Å². The summed E-state index contributed by atoms with van der Waals surface area (Å²) in [4.78, 5) is 0. The summed E-state index contributed by atoms with van der Waals surface area (Å²) >= 11 is 0. The van der Waals surface area contributed by atoms with Gasteiger partial charge in [-0.05, 0) is 30.5 Å². The van der Waals surface area contributed by atoms with E-state index in [1.807, 2.05) is 0 Å². The second kappa shape index (κ2) is 6.29. The van der Waals surface area contributed by atoms with Crippen LogP contribution in [0.4, 0.5) is 10.3 Å². The maximum Gasteiger partial charge on any atom is 0.222 e. The molecule has 8 heteroatoms. The smallest absolute Gasteiger partial charge is 0.222 e. The van der Waals surface area contributed by atoms with E-state index >= 15 is 0 Å². The van der Waals surface area contributed by atoms with Gasteiger partial charge in [0.25, 0.3) is 0 Å². The summed E-state index contributed by atoms with van der Waals surface area (Å²) in [6, 6.07) is 7.36. The van der Waals surface area contributed by atoms with Crippen LogP contribution < -0.4 is 5.73 Å².